The number of carbonyl (C=O) groups is 1. The van der Waals surface area contributed by atoms with Gasteiger partial charge in [0.1, 0.15) is 0 Å². The van der Waals surface area contributed by atoms with Gasteiger partial charge in [-0.1, -0.05) is 6.92 Å². The third kappa shape index (κ3) is 2.42. The van der Waals surface area contributed by atoms with Crippen LogP contribution in [-0.4, -0.2) is 37.5 Å². The molecule has 5 rings (SSSR count). The summed E-state index contributed by atoms with van der Waals surface area (Å²) in [6.07, 6.45) is 8.65. The Labute approximate surface area is 128 Å². The molecule has 1 amide bonds. The SMILES string of the molecule is CC1CNCC1C(=O)N(C)CC12CC3CC(CC(C3)C1)C2. The van der Waals surface area contributed by atoms with Crippen LogP contribution in [0.25, 0.3) is 0 Å². The van der Waals surface area contributed by atoms with Crippen molar-refractivity contribution in [2.75, 3.05) is 26.7 Å². The first-order valence-corrected chi connectivity index (χ1v) is 9.00. The molecule has 1 aliphatic heterocycles. The zero-order valence-electron chi connectivity index (χ0n) is 13.6. The van der Waals surface area contributed by atoms with Crippen LogP contribution in [-0.2, 0) is 4.79 Å². The number of hydrogen-bond donors (Lipinski definition) is 1. The van der Waals surface area contributed by atoms with Crippen LogP contribution in [0.4, 0.5) is 0 Å². The van der Waals surface area contributed by atoms with E-state index in [1.54, 1.807) is 0 Å². The van der Waals surface area contributed by atoms with Gasteiger partial charge in [-0.05, 0) is 74.2 Å². The Kier molecular flexibility index (Phi) is 3.33. The van der Waals surface area contributed by atoms with Crippen molar-refractivity contribution in [3.8, 4) is 0 Å². The van der Waals surface area contributed by atoms with Gasteiger partial charge in [0.2, 0.25) is 5.91 Å². The molecule has 0 spiro atoms. The van der Waals surface area contributed by atoms with E-state index in [1.165, 1.54) is 38.5 Å². The smallest absolute Gasteiger partial charge is 0.227 e. The normalized spacial score (nSPS) is 47.8. The highest BCUT2D eigenvalue weighted by Gasteiger charge is 2.51. The van der Waals surface area contributed by atoms with Gasteiger partial charge < -0.3 is 10.2 Å². The number of hydrogen-bond acceptors (Lipinski definition) is 2. The molecule has 3 heteroatoms. The van der Waals surface area contributed by atoms with Crippen LogP contribution in [0.3, 0.4) is 0 Å². The monoisotopic (exact) mass is 290 g/mol. The summed E-state index contributed by atoms with van der Waals surface area (Å²) < 4.78 is 0. The number of rotatable bonds is 3. The Morgan fingerprint density at radius 2 is 1.67 bits per heavy atom. The Morgan fingerprint density at radius 3 is 2.14 bits per heavy atom. The fraction of sp³-hybridized carbons (Fsp3) is 0.944. The average molecular weight is 290 g/mol. The molecular weight excluding hydrogens is 260 g/mol. The second-order valence-corrected chi connectivity index (χ2v) is 8.85. The molecule has 4 saturated carbocycles. The van der Waals surface area contributed by atoms with Crippen LogP contribution >= 0.6 is 0 Å². The van der Waals surface area contributed by atoms with E-state index < -0.39 is 0 Å². The molecule has 1 saturated heterocycles. The van der Waals surface area contributed by atoms with Crippen molar-refractivity contribution < 1.29 is 4.79 Å². The lowest BCUT2D eigenvalue weighted by atomic mass is 9.49. The Hall–Kier alpha value is -0.570. The lowest BCUT2D eigenvalue weighted by Crippen LogP contribution is -2.52. The molecule has 2 unspecified atom stereocenters. The lowest BCUT2D eigenvalue weighted by molar-refractivity contribution is -0.140. The molecule has 0 aromatic heterocycles. The van der Waals surface area contributed by atoms with E-state index in [0.29, 0.717) is 17.2 Å². The zero-order valence-corrected chi connectivity index (χ0v) is 13.6. The molecule has 118 valence electrons. The van der Waals surface area contributed by atoms with Crippen LogP contribution < -0.4 is 5.32 Å². The average Bonchev–Trinajstić information content (AvgIpc) is 2.81. The lowest BCUT2D eigenvalue weighted by Gasteiger charge is -2.57. The van der Waals surface area contributed by atoms with Crippen molar-refractivity contribution >= 4 is 5.91 Å². The minimum Gasteiger partial charge on any atom is -0.345 e. The molecule has 4 bridgehead atoms. The predicted molar refractivity (Wildman–Crippen MR) is 83.8 cm³/mol. The Morgan fingerprint density at radius 1 is 1.10 bits per heavy atom. The maximum atomic E-state index is 12.8. The first-order chi connectivity index (χ1) is 10.0. The topological polar surface area (TPSA) is 32.3 Å². The summed E-state index contributed by atoms with van der Waals surface area (Å²) >= 11 is 0. The first-order valence-electron chi connectivity index (χ1n) is 9.00. The summed E-state index contributed by atoms with van der Waals surface area (Å²) in [6.45, 7) is 5.12. The molecule has 3 nitrogen and oxygen atoms in total. The first kappa shape index (κ1) is 14.0. The van der Waals surface area contributed by atoms with E-state index >= 15 is 0 Å². The van der Waals surface area contributed by atoms with Gasteiger partial charge >= 0.3 is 0 Å². The van der Waals surface area contributed by atoms with Gasteiger partial charge in [-0.15, -0.1) is 0 Å². The van der Waals surface area contributed by atoms with Crippen molar-refractivity contribution in [3.63, 3.8) is 0 Å². The molecule has 1 N–H and O–H groups in total. The summed E-state index contributed by atoms with van der Waals surface area (Å²) in [5.74, 6) is 4.04. The molecule has 1 heterocycles. The third-order valence-corrected chi connectivity index (χ3v) is 6.95. The van der Waals surface area contributed by atoms with Gasteiger partial charge in [0.25, 0.3) is 0 Å². The number of nitrogens with zero attached hydrogens (tertiary/aromatic N) is 1. The van der Waals surface area contributed by atoms with Gasteiger partial charge in [-0.3, -0.25) is 4.79 Å². The Balaban J connectivity index is 1.44. The molecule has 2 atom stereocenters. The second-order valence-electron chi connectivity index (χ2n) is 8.85. The summed E-state index contributed by atoms with van der Waals surface area (Å²) in [6, 6.07) is 0. The Bertz CT molecular complexity index is 398. The minimum absolute atomic E-state index is 0.212. The number of amides is 1. The molecule has 0 aromatic carbocycles. The highest BCUT2D eigenvalue weighted by molar-refractivity contribution is 5.79. The van der Waals surface area contributed by atoms with Gasteiger partial charge in [0.05, 0.1) is 5.92 Å². The second kappa shape index (κ2) is 4.97. The highest BCUT2D eigenvalue weighted by Crippen LogP contribution is 2.60. The standard InChI is InChI=1S/C18H30N2O/c1-12-9-19-10-16(12)17(21)20(2)11-18-6-13-3-14(7-18)5-15(4-13)8-18/h12-16,19H,3-11H2,1-2H3. The van der Waals surface area contributed by atoms with E-state index in [0.717, 1.165) is 37.4 Å². The fourth-order valence-corrected chi connectivity index (χ4v) is 6.49. The van der Waals surface area contributed by atoms with Crippen molar-refractivity contribution in [2.24, 2.45) is 35.0 Å². The van der Waals surface area contributed by atoms with Crippen LogP contribution in [0.5, 0.6) is 0 Å². The molecule has 21 heavy (non-hydrogen) atoms. The summed E-state index contributed by atoms with van der Waals surface area (Å²) in [5, 5.41) is 3.37. The predicted octanol–water partition coefficient (Wildman–Crippen LogP) is 2.52. The van der Waals surface area contributed by atoms with Crippen molar-refractivity contribution in [2.45, 2.75) is 45.4 Å². The zero-order chi connectivity index (χ0) is 14.6. The van der Waals surface area contributed by atoms with Crippen molar-refractivity contribution in [3.05, 3.63) is 0 Å². The largest absolute Gasteiger partial charge is 0.345 e. The van der Waals surface area contributed by atoms with E-state index in [4.69, 9.17) is 0 Å². The van der Waals surface area contributed by atoms with Crippen LogP contribution in [0, 0.1) is 35.0 Å². The maximum absolute atomic E-state index is 12.8. The van der Waals surface area contributed by atoms with Crippen molar-refractivity contribution in [1.29, 1.82) is 0 Å². The highest BCUT2D eigenvalue weighted by atomic mass is 16.2. The van der Waals surface area contributed by atoms with Gasteiger partial charge in [-0.2, -0.15) is 0 Å². The van der Waals surface area contributed by atoms with E-state index in [1.807, 2.05) is 0 Å². The van der Waals surface area contributed by atoms with Gasteiger partial charge in [0, 0.05) is 20.1 Å². The third-order valence-electron chi connectivity index (χ3n) is 6.95. The van der Waals surface area contributed by atoms with E-state index in [2.05, 4.69) is 24.2 Å². The van der Waals surface area contributed by atoms with Crippen molar-refractivity contribution in [1.82, 2.24) is 10.2 Å². The molecular formula is C18H30N2O. The van der Waals surface area contributed by atoms with Crippen LogP contribution in [0.1, 0.15) is 45.4 Å². The molecule has 4 aliphatic carbocycles. The van der Waals surface area contributed by atoms with Gasteiger partial charge in [-0.25, -0.2) is 0 Å². The maximum Gasteiger partial charge on any atom is 0.227 e. The van der Waals surface area contributed by atoms with E-state index in [9.17, 15) is 4.79 Å². The fourth-order valence-electron chi connectivity index (χ4n) is 6.49. The number of nitrogens with one attached hydrogen (secondary N) is 1. The van der Waals surface area contributed by atoms with Crippen LogP contribution in [0.2, 0.25) is 0 Å². The van der Waals surface area contributed by atoms with Gasteiger partial charge in [0.15, 0.2) is 0 Å². The number of carbonyl (C=O) groups excluding carboxylic acids is 1. The summed E-state index contributed by atoms with van der Waals surface area (Å²) in [7, 11) is 2.06. The molecule has 5 fully saturated rings. The van der Waals surface area contributed by atoms with Crippen LogP contribution in [0.15, 0.2) is 0 Å². The summed E-state index contributed by atoms with van der Waals surface area (Å²) in [5.41, 5.74) is 0.481. The van der Waals surface area contributed by atoms with E-state index in [-0.39, 0.29) is 5.92 Å². The quantitative estimate of drug-likeness (QED) is 0.866. The molecule has 0 aromatic rings. The molecule has 5 aliphatic rings. The molecule has 0 radical (unpaired) electrons. The summed E-state index contributed by atoms with van der Waals surface area (Å²) in [4.78, 5) is 14.9. The minimum atomic E-state index is 0.212.